The lowest BCUT2D eigenvalue weighted by Gasteiger charge is -2.13. The molecule has 2 rings (SSSR count). The number of rotatable bonds is 6. The fraction of sp³-hybridized carbons (Fsp3) is 0.176. The number of carbonyl (C=O) groups excluding carboxylic acids is 1. The lowest BCUT2D eigenvalue weighted by molar-refractivity contribution is -0.383. The molecule has 0 heterocycles. The number of ether oxygens (including phenoxy) is 1. The first-order chi connectivity index (χ1) is 12.4. The SMILES string of the molecule is CCCOc1ccc(Br)cc1C(=O)NC(=S)Nc1ccccc1[N+](=O)[O-]. The van der Waals surface area contributed by atoms with Crippen molar-refractivity contribution in [2.45, 2.75) is 13.3 Å². The monoisotopic (exact) mass is 437 g/mol. The molecule has 0 saturated heterocycles. The maximum atomic E-state index is 12.5. The summed E-state index contributed by atoms with van der Waals surface area (Å²) < 4.78 is 6.29. The Balaban J connectivity index is 2.14. The van der Waals surface area contributed by atoms with Crippen molar-refractivity contribution in [1.82, 2.24) is 5.32 Å². The number of amides is 1. The maximum Gasteiger partial charge on any atom is 0.292 e. The number of hydrogen-bond acceptors (Lipinski definition) is 5. The van der Waals surface area contributed by atoms with Crippen LogP contribution in [0, 0.1) is 10.1 Å². The van der Waals surface area contributed by atoms with E-state index in [1.165, 1.54) is 12.1 Å². The molecule has 0 radical (unpaired) electrons. The number of nitrogens with zero attached hydrogens (tertiary/aromatic N) is 1. The molecular weight excluding hydrogens is 422 g/mol. The zero-order valence-corrected chi connectivity index (χ0v) is 16.2. The highest BCUT2D eigenvalue weighted by Crippen LogP contribution is 2.25. The standard InChI is InChI=1S/C17H16BrN3O4S/c1-2-9-25-15-8-7-11(18)10-12(15)16(22)20-17(26)19-13-5-3-4-6-14(13)21(23)24/h3-8,10H,2,9H2,1H3,(H2,19,20,22,26). The molecule has 1 amide bonds. The Hall–Kier alpha value is -2.52. The Morgan fingerprint density at radius 3 is 2.73 bits per heavy atom. The third kappa shape index (κ3) is 5.24. The molecule has 2 N–H and O–H groups in total. The number of hydrogen-bond donors (Lipinski definition) is 2. The van der Waals surface area contributed by atoms with Gasteiger partial charge in [-0.15, -0.1) is 0 Å². The minimum atomic E-state index is -0.530. The number of benzene rings is 2. The summed E-state index contributed by atoms with van der Waals surface area (Å²) in [5.74, 6) is -0.0467. The zero-order valence-electron chi connectivity index (χ0n) is 13.8. The average Bonchev–Trinajstić information content (AvgIpc) is 2.60. The van der Waals surface area contributed by atoms with Crippen LogP contribution in [0.4, 0.5) is 11.4 Å². The summed E-state index contributed by atoms with van der Waals surface area (Å²) in [6, 6.07) is 11.1. The highest BCUT2D eigenvalue weighted by molar-refractivity contribution is 9.10. The highest BCUT2D eigenvalue weighted by atomic mass is 79.9. The molecule has 9 heteroatoms. The van der Waals surface area contributed by atoms with Gasteiger partial charge < -0.3 is 10.1 Å². The van der Waals surface area contributed by atoms with Crippen molar-refractivity contribution < 1.29 is 14.5 Å². The quantitative estimate of drug-likeness (QED) is 0.398. The van der Waals surface area contributed by atoms with Crippen molar-refractivity contribution in [3.8, 4) is 5.75 Å². The van der Waals surface area contributed by atoms with E-state index in [0.717, 1.165) is 6.42 Å². The van der Waals surface area contributed by atoms with Crippen LogP contribution in [0.25, 0.3) is 0 Å². The van der Waals surface area contributed by atoms with Crippen LogP contribution in [-0.4, -0.2) is 22.5 Å². The van der Waals surface area contributed by atoms with Gasteiger partial charge in [0.2, 0.25) is 0 Å². The van der Waals surface area contributed by atoms with Crippen LogP contribution in [-0.2, 0) is 0 Å². The predicted octanol–water partition coefficient (Wildman–Crippen LogP) is 4.27. The molecule has 26 heavy (non-hydrogen) atoms. The van der Waals surface area contributed by atoms with E-state index in [9.17, 15) is 14.9 Å². The lowest BCUT2D eigenvalue weighted by atomic mass is 10.2. The molecule has 2 aromatic rings. The number of nitrogens with one attached hydrogen (secondary N) is 2. The van der Waals surface area contributed by atoms with Crippen LogP contribution in [0.5, 0.6) is 5.75 Å². The summed E-state index contributed by atoms with van der Waals surface area (Å²) in [4.78, 5) is 23.0. The van der Waals surface area contributed by atoms with E-state index in [1.54, 1.807) is 30.3 Å². The topological polar surface area (TPSA) is 93.5 Å². The van der Waals surface area contributed by atoms with Gasteiger partial charge in [0, 0.05) is 10.5 Å². The minimum absolute atomic E-state index is 0.0503. The third-order valence-electron chi connectivity index (χ3n) is 3.22. The van der Waals surface area contributed by atoms with Crippen LogP contribution in [0.15, 0.2) is 46.9 Å². The summed E-state index contributed by atoms with van der Waals surface area (Å²) >= 11 is 8.42. The number of thiocarbonyl (C=S) groups is 1. The largest absolute Gasteiger partial charge is 0.493 e. The van der Waals surface area contributed by atoms with E-state index in [4.69, 9.17) is 17.0 Å². The molecule has 0 aliphatic heterocycles. The fourth-order valence-corrected chi connectivity index (χ4v) is 2.64. The summed E-state index contributed by atoms with van der Waals surface area (Å²) in [7, 11) is 0. The molecule has 0 unspecified atom stereocenters. The van der Waals surface area contributed by atoms with Gasteiger partial charge in [0.25, 0.3) is 11.6 Å². The van der Waals surface area contributed by atoms with Gasteiger partial charge in [-0.2, -0.15) is 0 Å². The molecule has 0 spiro atoms. The van der Waals surface area contributed by atoms with Crippen LogP contribution in [0.1, 0.15) is 23.7 Å². The lowest BCUT2D eigenvalue weighted by Crippen LogP contribution is -2.34. The Labute approximate surface area is 164 Å². The Morgan fingerprint density at radius 1 is 1.31 bits per heavy atom. The van der Waals surface area contributed by atoms with Gasteiger partial charge in [-0.3, -0.25) is 20.2 Å². The van der Waals surface area contributed by atoms with Crippen molar-refractivity contribution >= 4 is 50.5 Å². The predicted molar refractivity (Wildman–Crippen MR) is 107 cm³/mol. The summed E-state index contributed by atoms with van der Waals surface area (Å²) in [6.45, 7) is 2.44. The van der Waals surface area contributed by atoms with E-state index in [-0.39, 0.29) is 16.5 Å². The highest BCUT2D eigenvalue weighted by Gasteiger charge is 2.17. The van der Waals surface area contributed by atoms with Crippen molar-refractivity contribution in [2.75, 3.05) is 11.9 Å². The van der Waals surface area contributed by atoms with Crippen molar-refractivity contribution in [1.29, 1.82) is 0 Å². The van der Waals surface area contributed by atoms with E-state index >= 15 is 0 Å². The third-order valence-corrected chi connectivity index (χ3v) is 3.92. The molecule has 0 aromatic heterocycles. The van der Waals surface area contributed by atoms with Gasteiger partial charge in [0.1, 0.15) is 11.4 Å². The molecule has 0 fully saturated rings. The number of halogens is 1. The van der Waals surface area contributed by atoms with Crippen molar-refractivity contribution in [2.24, 2.45) is 0 Å². The molecule has 0 aliphatic rings. The Bertz CT molecular complexity index is 845. The average molecular weight is 438 g/mol. The molecule has 136 valence electrons. The summed E-state index contributed by atoms with van der Waals surface area (Å²) in [5, 5.41) is 16.2. The van der Waals surface area contributed by atoms with Gasteiger partial charge in [-0.25, -0.2) is 0 Å². The number of para-hydroxylation sites is 2. The van der Waals surface area contributed by atoms with Gasteiger partial charge in [-0.05, 0) is 42.9 Å². The van der Waals surface area contributed by atoms with Gasteiger partial charge in [0.15, 0.2) is 5.11 Å². The molecule has 0 saturated carbocycles. The number of anilines is 1. The second-order valence-electron chi connectivity index (χ2n) is 5.17. The first-order valence-electron chi connectivity index (χ1n) is 7.70. The van der Waals surface area contributed by atoms with E-state index in [1.807, 2.05) is 6.92 Å². The second-order valence-corrected chi connectivity index (χ2v) is 6.50. The van der Waals surface area contributed by atoms with Crippen LogP contribution in [0.2, 0.25) is 0 Å². The maximum absolute atomic E-state index is 12.5. The minimum Gasteiger partial charge on any atom is -0.493 e. The summed E-state index contributed by atoms with van der Waals surface area (Å²) in [6.07, 6.45) is 0.800. The number of carbonyl (C=O) groups is 1. The summed E-state index contributed by atoms with van der Waals surface area (Å²) in [5.41, 5.74) is 0.359. The van der Waals surface area contributed by atoms with E-state index in [2.05, 4.69) is 26.6 Å². The fourth-order valence-electron chi connectivity index (χ4n) is 2.08. The van der Waals surface area contributed by atoms with Gasteiger partial charge >= 0.3 is 0 Å². The van der Waals surface area contributed by atoms with E-state index < -0.39 is 10.8 Å². The molecule has 0 bridgehead atoms. The smallest absolute Gasteiger partial charge is 0.292 e. The normalized spacial score (nSPS) is 10.1. The first-order valence-corrected chi connectivity index (χ1v) is 8.90. The molecule has 0 aliphatic carbocycles. The molecule has 7 nitrogen and oxygen atoms in total. The molecular formula is C17H16BrN3O4S. The molecule has 2 aromatic carbocycles. The second kappa shape index (κ2) is 9.25. The first kappa shape index (κ1) is 19.8. The molecule has 0 atom stereocenters. The van der Waals surface area contributed by atoms with Crippen LogP contribution < -0.4 is 15.4 Å². The number of nitro benzene ring substituents is 1. The van der Waals surface area contributed by atoms with Crippen molar-refractivity contribution in [3.05, 3.63) is 62.6 Å². The van der Waals surface area contributed by atoms with Crippen molar-refractivity contribution in [3.63, 3.8) is 0 Å². The number of nitro groups is 1. The van der Waals surface area contributed by atoms with Gasteiger partial charge in [-0.1, -0.05) is 35.0 Å². The Kier molecular flexibility index (Phi) is 7.05. The van der Waals surface area contributed by atoms with Crippen LogP contribution in [0.3, 0.4) is 0 Å². The Morgan fingerprint density at radius 2 is 2.04 bits per heavy atom. The van der Waals surface area contributed by atoms with Gasteiger partial charge in [0.05, 0.1) is 17.1 Å². The van der Waals surface area contributed by atoms with E-state index in [0.29, 0.717) is 22.4 Å². The zero-order chi connectivity index (χ0) is 19.1. The van der Waals surface area contributed by atoms with Crippen LogP contribution >= 0.6 is 28.1 Å².